The average molecular weight is 343 g/mol. The second kappa shape index (κ2) is 6.70. The molecule has 0 aliphatic carbocycles. The third kappa shape index (κ3) is 5.78. The SMILES string of the molecule is CC(C)(C)OC(=O)CC(=O)[C@@H]1COC(C)(C)N1C(=O)OC(C)(C)C. The number of ether oxygens (including phenoxy) is 3. The first kappa shape index (κ1) is 20.4. The van der Waals surface area contributed by atoms with Gasteiger partial charge >= 0.3 is 12.1 Å². The summed E-state index contributed by atoms with van der Waals surface area (Å²) in [4.78, 5) is 38.1. The third-order valence-corrected chi connectivity index (χ3v) is 3.19. The molecule has 24 heavy (non-hydrogen) atoms. The van der Waals surface area contributed by atoms with Crippen LogP contribution in [0.4, 0.5) is 4.79 Å². The molecule has 1 atom stereocenters. The van der Waals surface area contributed by atoms with Gasteiger partial charge in [-0.25, -0.2) is 4.79 Å². The maximum Gasteiger partial charge on any atom is 0.413 e. The molecular weight excluding hydrogens is 314 g/mol. The minimum Gasteiger partial charge on any atom is -0.460 e. The summed E-state index contributed by atoms with van der Waals surface area (Å²) in [6, 6.07) is -0.873. The number of hydrogen-bond donors (Lipinski definition) is 0. The highest BCUT2D eigenvalue weighted by atomic mass is 16.6. The van der Waals surface area contributed by atoms with E-state index < -0.39 is 47.2 Å². The van der Waals surface area contributed by atoms with Crippen molar-refractivity contribution in [2.45, 2.75) is 84.8 Å². The van der Waals surface area contributed by atoms with Gasteiger partial charge in [-0.2, -0.15) is 0 Å². The van der Waals surface area contributed by atoms with Crippen molar-refractivity contribution in [3.05, 3.63) is 0 Å². The Kier molecular flexibility index (Phi) is 5.70. The molecule has 0 radical (unpaired) electrons. The number of esters is 1. The standard InChI is InChI=1S/C17H29NO6/c1-15(2,3)23-13(20)9-12(19)11-10-22-17(7,8)18(11)14(21)24-16(4,5)6/h11H,9-10H2,1-8H3/t11-/m0/s1. The van der Waals surface area contributed by atoms with Crippen LogP contribution in [0.25, 0.3) is 0 Å². The first-order chi connectivity index (χ1) is 10.6. The fraction of sp³-hybridized carbons (Fsp3) is 0.824. The quantitative estimate of drug-likeness (QED) is 0.579. The summed E-state index contributed by atoms with van der Waals surface area (Å²) < 4.78 is 16.1. The number of nitrogens with zero attached hydrogens (tertiary/aromatic N) is 1. The van der Waals surface area contributed by atoms with Crippen LogP contribution in [0.5, 0.6) is 0 Å². The topological polar surface area (TPSA) is 82.1 Å². The van der Waals surface area contributed by atoms with Crippen LogP contribution in [-0.4, -0.2) is 52.3 Å². The van der Waals surface area contributed by atoms with Gasteiger partial charge in [-0.3, -0.25) is 14.5 Å². The number of carbonyl (C=O) groups is 3. The van der Waals surface area contributed by atoms with Gasteiger partial charge in [-0.05, 0) is 55.4 Å². The Hall–Kier alpha value is -1.63. The predicted molar refractivity (Wildman–Crippen MR) is 87.4 cm³/mol. The van der Waals surface area contributed by atoms with Crippen molar-refractivity contribution in [1.29, 1.82) is 0 Å². The second-order valence-electron chi connectivity index (χ2n) is 8.35. The zero-order valence-corrected chi connectivity index (χ0v) is 15.9. The molecule has 1 aliphatic heterocycles. The highest BCUT2D eigenvalue weighted by Gasteiger charge is 2.48. The van der Waals surface area contributed by atoms with Gasteiger partial charge in [-0.15, -0.1) is 0 Å². The molecule has 0 bridgehead atoms. The lowest BCUT2D eigenvalue weighted by Gasteiger charge is -2.34. The summed E-state index contributed by atoms with van der Waals surface area (Å²) >= 11 is 0. The lowest BCUT2D eigenvalue weighted by molar-refractivity contribution is -0.156. The molecule has 0 saturated carbocycles. The van der Waals surface area contributed by atoms with E-state index in [2.05, 4.69) is 0 Å². The fourth-order valence-corrected chi connectivity index (χ4v) is 2.34. The van der Waals surface area contributed by atoms with Crippen molar-refractivity contribution in [2.75, 3.05) is 6.61 Å². The minimum absolute atomic E-state index is 0.0217. The van der Waals surface area contributed by atoms with Gasteiger partial charge in [0.25, 0.3) is 0 Å². The van der Waals surface area contributed by atoms with Crippen LogP contribution in [0.15, 0.2) is 0 Å². The van der Waals surface area contributed by atoms with Crippen LogP contribution in [0, 0.1) is 0 Å². The van der Waals surface area contributed by atoms with E-state index in [1.807, 2.05) is 0 Å². The normalized spacial score (nSPS) is 20.7. The zero-order valence-electron chi connectivity index (χ0n) is 15.9. The van der Waals surface area contributed by atoms with Crippen LogP contribution in [0.2, 0.25) is 0 Å². The smallest absolute Gasteiger partial charge is 0.413 e. The van der Waals surface area contributed by atoms with E-state index in [1.54, 1.807) is 55.4 Å². The highest BCUT2D eigenvalue weighted by Crippen LogP contribution is 2.30. The molecule has 0 unspecified atom stereocenters. The van der Waals surface area contributed by atoms with E-state index >= 15 is 0 Å². The molecule has 0 spiro atoms. The van der Waals surface area contributed by atoms with Gasteiger partial charge in [-0.1, -0.05) is 0 Å². The monoisotopic (exact) mass is 343 g/mol. The van der Waals surface area contributed by atoms with E-state index in [-0.39, 0.29) is 6.61 Å². The molecule has 138 valence electrons. The Morgan fingerprint density at radius 2 is 1.54 bits per heavy atom. The highest BCUT2D eigenvalue weighted by molar-refractivity contribution is 6.00. The Balaban J connectivity index is 2.86. The molecule has 1 heterocycles. The Morgan fingerprint density at radius 1 is 1.04 bits per heavy atom. The van der Waals surface area contributed by atoms with Gasteiger partial charge in [0.15, 0.2) is 5.78 Å². The van der Waals surface area contributed by atoms with Gasteiger partial charge < -0.3 is 14.2 Å². The number of amides is 1. The molecule has 0 aromatic carbocycles. The summed E-state index contributed by atoms with van der Waals surface area (Å²) in [7, 11) is 0. The van der Waals surface area contributed by atoms with E-state index in [4.69, 9.17) is 14.2 Å². The molecule has 1 saturated heterocycles. The average Bonchev–Trinajstić information content (AvgIpc) is 2.59. The summed E-state index contributed by atoms with van der Waals surface area (Å²) in [5.74, 6) is -1.05. The molecular formula is C17H29NO6. The van der Waals surface area contributed by atoms with Crippen LogP contribution in [0.1, 0.15) is 61.8 Å². The summed E-state index contributed by atoms with van der Waals surface area (Å²) in [6.45, 7) is 13.8. The molecule has 0 aromatic heterocycles. The van der Waals surface area contributed by atoms with E-state index in [9.17, 15) is 14.4 Å². The third-order valence-electron chi connectivity index (χ3n) is 3.19. The molecule has 1 aliphatic rings. The van der Waals surface area contributed by atoms with E-state index in [1.165, 1.54) is 4.90 Å². The summed E-state index contributed by atoms with van der Waals surface area (Å²) in [6.07, 6.45) is -1.06. The predicted octanol–water partition coefficient (Wildman–Crippen LogP) is 2.66. The molecule has 1 fully saturated rings. The summed E-state index contributed by atoms with van der Waals surface area (Å²) in [5, 5.41) is 0. The molecule has 0 N–H and O–H groups in total. The van der Waals surface area contributed by atoms with Crippen LogP contribution < -0.4 is 0 Å². The van der Waals surface area contributed by atoms with Crippen molar-refractivity contribution in [1.82, 2.24) is 4.90 Å². The van der Waals surface area contributed by atoms with Gasteiger partial charge in [0.1, 0.15) is 29.4 Å². The molecule has 1 amide bonds. The van der Waals surface area contributed by atoms with Crippen molar-refractivity contribution in [2.24, 2.45) is 0 Å². The Morgan fingerprint density at radius 3 is 2.00 bits per heavy atom. The van der Waals surface area contributed by atoms with Gasteiger partial charge in [0.2, 0.25) is 0 Å². The number of carbonyl (C=O) groups excluding carboxylic acids is 3. The molecule has 7 heteroatoms. The van der Waals surface area contributed by atoms with Crippen molar-refractivity contribution in [3.63, 3.8) is 0 Å². The van der Waals surface area contributed by atoms with Crippen LogP contribution in [0.3, 0.4) is 0 Å². The van der Waals surface area contributed by atoms with Gasteiger partial charge in [0, 0.05) is 0 Å². The first-order valence-corrected chi connectivity index (χ1v) is 8.03. The van der Waals surface area contributed by atoms with Crippen LogP contribution in [-0.2, 0) is 23.8 Å². The van der Waals surface area contributed by atoms with Gasteiger partial charge in [0.05, 0.1) is 6.61 Å². The number of rotatable bonds is 3. The second-order valence-corrected chi connectivity index (χ2v) is 8.35. The Bertz CT molecular complexity index is 512. The number of ketones is 1. The van der Waals surface area contributed by atoms with E-state index in [0.29, 0.717) is 0 Å². The van der Waals surface area contributed by atoms with Crippen LogP contribution >= 0.6 is 0 Å². The number of hydrogen-bond acceptors (Lipinski definition) is 6. The maximum atomic E-state index is 12.5. The lowest BCUT2D eigenvalue weighted by atomic mass is 10.1. The molecule has 7 nitrogen and oxygen atoms in total. The van der Waals surface area contributed by atoms with Crippen molar-refractivity contribution >= 4 is 17.8 Å². The molecule has 1 rings (SSSR count). The summed E-state index contributed by atoms with van der Waals surface area (Å²) in [5.41, 5.74) is -2.36. The molecule has 0 aromatic rings. The lowest BCUT2D eigenvalue weighted by Crippen LogP contribution is -2.52. The van der Waals surface area contributed by atoms with Crippen molar-refractivity contribution < 1.29 is 28.6 Å². The Labute approximate surface area is 143 Å². The largest absolute Gasteiger partial charge is 0.460 e. The van der Waals surface area contributed by atoms with E-state index in [0.717, 1.165) is 0 Å². The fourth-order valence-electron chi connectivity index (χ4n) is 2.34. The number of Topliss-reactive ketones (excluding diaryl/α,β-unsaturated/α-hetero) is 1. The van der Waals surface area contributed by atoms with Crippen molar-refractivity contribution in [3.8, 4) is 0 Å². The zero-order chi connectivity index (χ0) is 18.9. The minimum atomic E-state index is -0.989. The maximum absolute atomic E-state index is 12.5. The first-order valence-electron chi connectivity index (χ1n) is 8.03.